The van der Waals surface area contributed by atoms with Crippen molar-refractivity contribution in [3.8, 4) is 11.5 Å². The minimum Gasteiger partial charge on any atom is -0.479 e. The van der Waals surface area contributed by atoms with Gasteiger partial charge >= 0.3 is 5.97 Å². The van der Waals surface area contributed by atoms with E-state index in [1.54, 1.807) is 58.7 Å². The van der Waals surface area contributed by atoms with Gasteiger partial charge in [0.25, 0.3) is 0 Å². The normalized spacial score (nSPS) is 16.4. The SMILES string of the molecule is O=C(Cn1cccn1)N1CCC(C(=O)O)(n2ccc(-c3ccco3)n2)CC1. The van der Waals surface area contributed by atoms with Crippen LogP contribution in [0.15, 0.2) is 53.5 Å². The molecule has 0 aliphatic carbocycles. The first-order valence-electron chi connectivity index (χ1n) is 8.67. The number of piperidine rings is 1. The molecular weight excluding hydrogens is 350 g/mol. The van der Waals surface area contributed by atoms with Gasteiger partial charge < -0.3 is 14.4 Å². The molecule has 0 saturated carbocycles. The van der Waals surface area contributed by atoms with E-state index in [2.05, 4.69) is 10.2 Å². The third kappa shape index (κ3) is 3.12. The van der Waals surface area contributed by atoms with Crippen molar-refractivity contribution >= 4 is 11.9 Å². The van der Waals surface area contributed by atoms with Crippen LogP contribution < -0.4 is 0 Å². The molecule has 1 aliphatic rings. The number of amides is 1. The summed E-state index contributed by atoms with van der Waals surface area (Å²) in [5.41, 5.74) is -0.592. The van der Waals surface area contributed by atoms with Gasteiger partial charge in [-0.25, -0.2) is 4.79 Å². The van der Waals surface area contributed by atoms with Gasteiger partial charge in [0.1, 0.15) is 12.2 Å². The molecule has 0 atom stereocenters. The van der Waals surface area contributed by atoms with E-state index in [1.165, 1.54) is 4.68 Å². The summed E-state index contributed by atoms with van der Waals surface area (Å²) in [7, 11) is 0. The molecule has 1 amide bonds. The van der Waals surface area contributed by atoms with E-state index in [0.717, 1.165) is 0 Å². The number of nitrogens with zero attached hydrogens (tertiary/aromatic N) is 5. The van der Waals surface area contributed by atoms with Crippen LogP contribution in [0.4, 0.5) is 0 Å². The number of aromatic nitrogens is 4. The highest BCUT2D eigenvalue weighted by Crippen LogP contribution is 2.31. The Labute approximate surface area is 154 Å². The number of hydrogen-bond donors (Lipinski definition) is 1. The Bertz CT molecular complexity index is 921. The molecule has 1 fully saturated rings. The third-order valence-corrected chi connectivity index (χ3v) is 5.00. The number of hydrogen-bond acceptors (Lipinski definition) is 5. The molecule has 9 nitrogen and oxygen atoms in total. The van der Waals surface area contributed by atoms with E-state index < -0.39 is 11.5 Å². The van der Waals surface area contributed by atoms with Gasteiger partial charge in [0.15, 0.2) is 11.3 Å². The van der Waals surface area contributed by atoms with E-state index in [1.807, 2.05) is 0 Å². The van der Waals surface area contributed by atoms with E-state index >= 15 is 0 Å². The van der Waals surface area contributed by atoms with Crippen LogP contribution >= 0.6 is 0 Å². The molecule has 27 heavy (non-hydrogen) atoms. The lowest BCUT2D eigenvalue weighted by Gasteiger charge is -2.38. The summed E-state index contributed by atoms with van der Waals surface area (Å²) < 4.78 is 8.38. The van der Waals surface area contributed by atoms with Crippen molar-refractivity contribution in [1.82, 2.24) is 24.5 Å². The molecule has 0 spiro atoms. The molecule has 1 N–H and O–H groups in total. The van der Waals surface area contributed by atoms with Gasteiger partial charge in [0.05, 0.1) is 6.26 Å². The minimum atomic E-state index is -1.17. The van der Waals surface area contributed by atoms with Crippen LogP contribution in [-0.2, 0) is 21.7 Å². The highest BCUT2D eigenvalue weighted by Gasteiger charge is 2.45. The van der Waals surface area contributed by atoms with Crippen LogP contribution in [0, 0.1) is 0 Å². The maximum absolute atomic E-state index is 12.4. The van der Waals surface area contributed by atoms with E-state index in [4.69, 9.17) is 4.42 Å². The summed E-state index contributed by atoms with van der Waals surface area (Å²) >= 11 is 0. The number of carbonyl (C=O) groups excluding carboxylic acids is 1. The smallest absolute Gasteiger partial charge is 0.331 e. The summed E-state index contributed by atoms with van der Waals surface area (Å²) in [4.78, 5) is 26.2. The first-order chi connectivity index (χ1) is 13.1. The third-order valence-electron chi connectivity index (χ3n) is 5.00. The van der Waals surface area contributed by atoms with Gasteiger partial charge in [-0.05, 0) is 24.3 Å². The van der Waals surface area contributed by atoms with Crippen LogP contribution in [0.1, 0.15) is 12.8 Å². The summed E-state index contributed by atoms with van der Waals surface area (Å²) in [5, 5.41) is 18.4. The molecule has 140 valence electrons. The van der Waals surface area contributed by atoms with Crippen molar-refractivity contribution < 1.29 is 19.1 Å². The summed E-state index contributed by atoms with van der Waals surface area (Å²) in [6.07, 6.45) is 7.12. The van der Waals surface area contributed by atoms with Gasteiger partial charge in [0, 0.05) is 44.5 Å². The minimum absolute atomic E-state index is 0.0746. The summed E-state index contributed by atoms with van der Waals surface area (Å²) in [6.45, 7) is 0.849. The Balaban J connectivity index is 1.50. The molecular formula is C18H19N5O4. The lowest BCUT2D eigenvalue weighted by atomic mass is 9.87. The van der Waals surface area contributed by atoms with E-state index in [0.29, 0.717) is 24.5 Å². The van der Waals surface area contributed by atoms with Crippen LogP contribution in [0.2, 0.25) is 0 Å². The topological polar surface area (TPSA) is 106 Å². The maximum Gasteiger partial charge on any atom is 0.331 e. The van der Waals surface area contributed by atoms with Crippen molar-refractivity contribution in [2.75, 3.05) is 13.1 Å². The van der Waals surface area contributed by atoms with Crippen molar-refractivity contribution in [3.05, 3.63) is 49.1 Å². The zero-order chi connectivity index (χ0) is 18.9. The number of rotatable bonds is 5. The molecule has 0 unspecified atom stereocenters. The fraction of sp³-hybridized carbons (Fsp3) is 0.333. The quantitative estimate of drug-likeness (QED) is 0.729. The second-order valence-electron chi connectivity index (χ2n) is 6.54. The first-order valence-corrected chi connectivity index (χ1v) is 8.67. The first kappa shape index (κ1) is 17.1. The van der Waals surface area contributed by atoms with Crippen molar-refractivity contribution in [1.29, 1.82) is 0 Å². The fourth-order valence-corrected chi connectivity index (χ4v) is 3.42. The van der Waals surface area contributed by atoms with Gasteiger partial charge in [-0.1, -0.05) is 0 Å². The number of aliphatic carboxylic acids is 1. The standard InChI is InChI=1S/C18H19N5O4/c24-16(13-22-8-2-7-19-22)21-10-5-18(6-11-21,17(25)26)23-9-4-14(20-23)15-3-1-12-27-15/h1-4,7-9,12H,5-6,10-11,13H2,(H,25,26). The molecule has 0 bridgehead atoms. The molecule has 9 heteroatoms. The van der Waals surface area contributed by atoms with Crippen molar-refractivity contribution in [2.45, 2.75) is 24.9 Å². The molecule has 1 aliphatic heterocycles. The Morgan fingerprint density at radius 1 is 1.19 bits per heavy atom. The predicted molar refractivity (Wildman–Crippen MR) is 93.6 cm³/mol. The second kappa shape index (κ2) is 6.75. The number of furan rings is 1. The average molecular weight is 369 g/mol. The molecule has 3 aromatic rings. The molecule has 4 heterocycles. The lowest BCUT2D eigenvalue weighted by Crippen LogP contribution is -2.53. The van der Waals surface area contributed by atoms with Gasteiger partial charge in [-0.15, -0.1) is 0 Å². The predicted octanol–water partition coefficient (Wildman–Crippen LogP) is 1.44. The number of carboxylic acids is 1. The van der Waals surface area contributed by atoms with Gasteiger partial charge in [-0.2, -0.15) is 10.2 Å². The van der Waals surface area contributed by atoms with Crippen LogP contribution in [0.25, 0.3) is 11.5 Å². The number of carbonyl (C=O) groups is 2. The molecule has 1 saturated heterocycles. The number of likely N-dealkylation sites (tertiary alicyclic amines) is 1. The fourth-order valence-electron chi connectivity index (χ4n) is 3.42. The van der Waals surface area contributed by atoms with E-state index in [-0.39, 0.29) is 25.3 Å². The van der Waals surface area contributed by atoms with Crippen molar-refractivity contribution in [3.63, 3.8) is 0 Å². The highest BCUT2D eigenvalue weighted by molar-refractivity contribution is 5.79. The lowest BCUT2D eigenvalue weighted by molar-refractivity contribution is -0.153. The Morgan fingerprint density at radius 3 is 2.63 bits per heavy atom. The molecule has 0 radical (unpaired) electrons. The van der Waals surface area contributed by atoms with Crippen LogP contribution in [0.5, 0.6) is 0 Å². The van der Waals surface area contributed by atoms with Gasteiger partial charge in [-0.3, -0.25) is 14.2 Å². The summed E-state index contributed by atoms with van der Waals surface area (Å²) in [6, 6.07) is 7.02. The second-order valence-corrected chi connectivity index (χ2v) is 6.54. The Hall–Kier alpha value is -3.36. The molecule has 0 aromatic carbocycles. The monoisotopic (exact) mass is 369 g/mol. The number of carboxylic acid groups (broad SMARTS) is 1. The molecule has 3 aromatic heterocycles. The molecule has 4 rings (SSSR count). The zero-order valence-electron chi connectivity index (χ0n) is 14.6. The van der Waals surface area contributed by atoms with Crippen LogP contribution in [-0.4, -0.2) is 54.5 Å². The van der Waals surface area contributed by atoms with Crippen LogP contribution in [0.3, 0.4) is 0 Å². The average Bonchev–Trinajstić information content (AvgIpc) is 3.42. The van der Waals surface area contributed by atoms with Crippen molar-refractivity contribution in [2.24, 2.45) is 0 Å². The van der Waals surface area contributed by atoms with E-state index in [9.17, 15) is 14.7 Å². The Morgan fingerprint density at radius 2 is 2.00 bits per heavy atom. The maximum atomic E-state index is 12.4. The highest BCUT2D eigenvalue weighted by atomic mass is 16.4. The largest absolute Gasteiger partial charge is 0.479 e. The Kier molecular flexibility index (Phi) is 4.27. The van der Waals surface area contributed by atoms with Gasteiger partial charge in [0.2, 0.25) is 5.91 Å². The summed E-state index contributed by atoms with van der Waals surface area (Å²) in [5.74, 6) is -0.439. The zero-order valence-corrected chi connectivity index (χ0v) is 14.6.